The molecule has 6 nitrogen and oxygen atoms in total. The first-order chi connectivity index (χ1) is 14.2. The lowest BCUT2D eigenvalue weighted by atomic mass is 9.89. The van der Waals surface area contributed by atoms with Crippen LogP contribution in [0, 0.1) is 5.82 Å². The van der Waals surface area contributed by atoms with Gasteiger partial charge in [0.1, 0.15) is 5.82 Å². The molecule has 29 heavy (non-hydrogen) atoms. The summed E-state index contributed by atoms with van der Waals surface area (Å²) in [5, 5.41) is 10.3. The van der Waals surface area contributed by atoms with Gasteiger partial charge in [0.25, 0.3) is 0 Å². The second-order valence-corrected chi connectivity index (χ2v) is 7.06. The largest absolute Gasteiger partial charge is 0.493 e. The summed E-state index contributed by atoms with van der Waals surface area (Å²) in [6, 6.07) is 8.95. The Balaban J connectivity index is 1.68. The second kappa shape index (κ2) is 8.11. The average molecular weight is 397 g/mol. The highest BCUT2D eigenvalue weighted by Gasteiger charge is 2.26. The summed E-state index contributed by atoms with van der Waals surface area (Å²) in [7, 11) is 4.77. The lowest BCUT2D eigenvalue weighted by molar-refractivity contribution is 0.327. The molecule has 0 aliphatic carbocycles. The first-order valence-corrected chi connectivity index (χ1v) is 9.61. The molecule has 0 amide bonds. The minimum Gasteiger partial charge on any atom is -0.493 e. The van der Waals surface area contributed by atoms with Crippen LogP contribution in [0.1, 0.15) is 24.3 Å². The molecule has 1 saturated heterocycles. The fourth-order valence-electron chi connectivity index (χ4n) is 4.13. The highest BCUT2D eigenvalue weighted by atomic mass is 19.1. The van der Waals surface area contributed by atoms with Crippen molar-refractivity contribution in [3.63, 3.8) is 0 Å². The Morgan fingerprint density at radius 2 is 1.69 bits per heavy atom. The number of benzene rings is 2. The van der Waals surface area contributed by atoms with Gasteiger partial charge in [-0.3, -0.25) is 0 Å². The quantitative estimate of drug-likeness (QED) is 0.644. The molecule has 0 N–H and O–H groups in total. The van der Waals surface area contributed by atoms with Gasteiger partial charge in [0.15, 0.2) is 17.3 Å². The Morgan fingerprint density at radius 1 is 0.966 bits per heavy atom. The number of piperidine rings is 1. The molecule has 0 bridgehead atoms. The van der Waals surface area contributed by atoms with Crippen LogP contribution in [0.3, 0.4) is 0 Å². The van der Waals surface area contributed by atoms with Gasteiger partial charge in [-0.2, -0.15) is 5.10 Å². The highest BCUT2D eigenvalue weighted by Crippen LogP contribution is 2.45. The van der Waals surface area contributed by atoms with Crippen molar-refractivity contribution in [1.82, 2.24) is 10.2 Å². The maximum atomic E-state index is 14.2. The van der Waals surface area contributed by atoms with E-state index in [1.54, 1.807) is 33.6 Å². The standard InChI is InChI=1S/C22H24FN3O3/c1-27-19-12-16-17(20(28-2)21(19)29-3)13-24-25-22(16)26-10-8-14(9-11-26)15-6-4-5-7-18(15)23/h4-7,12-14H,8-11H2,1-3H3. The molecule has 0 unspecified atom stereocenters. The predicted molar refractivity (Wildman–Crippen MR) is 110 cm³/mol. The first kappa shape index (κ1) is 19.2. The van der Waals surface area contributed by atoms with E-state index in [1.807, 2.05) is 18.2 Å². The molecule has 0 atom stereocenters. The minimum atomic E-state index is -0.127. The van der Waals surface area contributed by atoms with E-state index in [0.29, 0.717) is 17.2 Å². The first-order valence-electron chi connectivity index (χ1n) is 9.61. The molecular weight excluding hydrogens is 373 g/mol. The van der Waals surface area contributed by atoms with Crippen LogP contribution in [0.2, 0.25) is 0 Å². The fraction of sp³-hybridized carbons (Fsp3) is 0.364. The molecule has 2 heterocycles. The lowest BCUT2D eigenvalue weighted by Gasteiger charge is -2.33. The van der Waals surface area contributed by atoms with Crippen molar-refractivity contribution in [2.45, 2.75) is 18.8 Å². The number of nitrogens with zero attached hydrogens (tertiary/aromatic N) is 3. The zero-order valence-corrected chi connectivity index (χ0v) is 16.8. The van der Waals surface area contributed by atoms with E-state index in [9.17, 15) is 4.39 Å². The van der Waals surface area contributed by atoms with Crippen LogP contribution in [0.25, 0.3) is 10.8 Å². The third-order valence-corrected chi connectivity index (χ3v) is 5.59. The number of methoxy groups -OCH3 is 3. The van der Waals surface area contributed by atoms with Crippen LogP contribution in [0.4, 0.5) is 10.2 Å². The Labute approximate surface area is 169 Å². The molecule has 152 valence electrons. The number of ether oxygens (including phenoxy) is 3. The van der Waals surface area contributed by atoms with Crippen LogP contribution in [-0.4, -0.2) is 44.6 Å². The zero-order chi connectivity index (χ0) is 20.4. The molecule has 2 aromatic carbocycles. The summed E-state index contributed by atoms with van der Waals surface area (Å²) in [6.07, 6.45) is 3.37. The summed E-state index contributed by atoms with van der Waals surface area (Å²) in [4.78, 5) is 2.19. The van der Waals surface area contributed by atoms with E-state index in [2.05, 4.69) is 15.1 Å². The number of halogens is 1. The van der Waals surface area contributed by atoms with Crippen molar-refractivity contribution < 1.29 is 18.6 Å². The minimum absolute atomic E-state index is 0.127. The number of rotatable bonds is 5. The van der Waals surface area contributed by atoms with Crippen molar-refractivity contribution in [2.75, 3.05) is 39.3 Å². The average Bonchev–Trinajstić information content (AvgIpc) is 2.77. The predicted octanol–water partition coefficient (Wildman–Crippen LogP) is 4.18. The number of fused-ring (bicyclic) bond motifs is 1. The number of anilines is 1. The maximum Gasteiger partial charge on any atom is 0.204 e. The van der Waals surface area contributed by atoms with Gasteiger partial charge in [-0.15, -0.1) is 5.10 Å². The van der Waals surface area contributed by atoms with Gasteiger partial charge in [-0.1, -0.05) is 18.2 Å². The van der Waals surface area contributed by atoms with Gasteiger partial charge in [0.2, 0.25) is 5.75 Å². The summed E-state index contributed by atoms with van der Waals surface area (Å²) < 4.78 is 30.7. The van der Waals surface area contributed by atoms with E-state index in [0.717, 1.165) is 48.1 Å². The number of hydrogen-bond donors (Lipinski definition) is 0. The molecule has 3 aromatic rings. The third kappa shape index (κ3) is 3.41. The van der Waals surface area contributed by atoms with Gasteiger partial charge in [0.05, 0.1) is 32.9 Å². The molecule has 1 fully saturated rings. The molecule has 1 aliphatic rings. The lowest BCUT2D eigenvalue weighted by Crippen LogP contribution is -2.34. The normalized spacial score (nSPS) is 14.8. The molecule has 0 radical (unpaired) electrons. The Morgan fingerprint density at radius 3 is 2.34 bits per heavy atom. The van der Waals surface area contributed by atoms with E-state index in [-0.39, 0.29) is 11.7 Å². The van der Waals surface area contributed by atoms with Gasteiger partial charge in [-0.05, 0) is 36.5 Å². The van der Waals surface area contributed by atoms with E-state index < -0.39 is 0 Å². The van der Waals surface area contributed by atoms with Crippen molar-refractivity contribution in [3.05, 3.63) is 47.9 Å². The summed E-state index contributed by atoms with van der Waals surface area (Å²) in [5.41, 5.74) is 0.796. The monoisotopic (exact) mass is 397 g/mol. The number of aromatic nitrogens is 2. The Kier molecular flexibility index (Phi) is 5.38. The SMILES string of the molecule is COc1cc2c(N3CCC(c4ccccc4F)CC3)nncc2c(OC)c1OC. The Hall–Kier alpha value is -3.09. The fourth-order valence-corrected chi connectivity index (χ4v) is 4.13. The second-order valence-electron chi connectivity index (χ2n) is 7.06. The van der Waals surface area contributed by atoms with Crippen molar-refractivity contribution in [1.29, 1.82) is 0 Å². The van der Waals surface area contributed by atoms with E-state index in [4.69, 9.17) is 14.2 Å². The topological polar surface area (TPSA) is 56.7 Å². The van der Waals surface area contributed by atoms with Crippen molar-refractivity contribution in [2.24, 2.45) is 0 Å². The molecule has 0 saturated carbocycles. The van der Waals surface area contributed by atoms with Gasteiger partial charge < -0.3 is 19.1 Å². The molecule has 4 rings (SSSR count). The summed E-state index contributed by atoms with van der Waals surface area (Å²) >= 11 is 0. The number of hydrogen-bond acceptors (Lipinski definition) is 6. The summed E-state index contributed by atoms with van der Waals surface area (Å²) in [6.45, 7) is 1.53. The van der Waals surface area contributed by atoms with E-state index >= 15 is 0 Å². The van der Waals surface area contributed by atoms with Crippen molar-refractivity contribution >= 4 is 16.6 Å². The van der Waals surface area contributed by atoms with Crippen LogP contribution in [0.15, 0.2) is 36.5 Å². The maximum absolute atomic E-state index is 14.2. The van der Waals surface area contributed by atoms with Crippen LogP contribution >= 0.6 is 0 Å². The van der Waals surface area contributed by atoms with Crippen LogP contribution in [0.5, 0.6) is 17.2 Å². The summed E-state index contributed by atoms with van der Waals surface area (Å²) in [5.74, 6) is 2.53. The van der Waals surface area contributed by atoms with Crippen LogP contribution < -0.4 is 19.1 Å². The smallest absolute Gasteiger partial charge is 0.204 e. The van der Waals surface area contributed by atoms with E-state index in [1.165, 1.54) is 6.07 Å². The molecular formula is C22H24FN3O3. The zero-order valence-electron chi connectivity index (χ0n) is 16.8. The third-order valence-electron chi connectivity index (χ3n) is 5.59. The Bertz CT molecular complexity index is 1020. The molecule has 7 heteroatoms. The van der Waals surface area contributed by atoms with Crippen LogP contribution in [-0.2, 0) is 0 Å². The van der Waals surface area contributed by atoms with Gasteiger partial charge in [0, 0.05) is 18.5 Å². The van der Waals surface area contributed by atoms with Gasteiger partial charge in [-0.25, -0.2) is 4.39 Å². The van der Waals surface area contributed by atoms with Crippen molar-refractivity contribution in [3.8, 4) is 17.2 Å². The molecule has 1 aromatic heterocycles. The highest BCUT2D eigenvalue weighted by molar-refractivity contribution is 5.99. The molecule has 0 spiro atoms. The molecule has 1 aliphatic heterocycles. The van der Waals surface area contributed by atoms with Gasteiger partial charge >= 0.3 is 0 Å².